The van der Waals surface area contributed by atoms with Gasteiger partial charge in [-0.1, -0.05) is 0 Å². The van der Waals surface area contributed by atoms with E-state index >= 15 is 0 Å². The molecule has 0 radical (unpaired) electrons. The summed E-state index contributed by atoms with van der Waals surface area (Å²) in [5.41, 5.74) is 0. The molecule has 0 aromatic rings. The van der Waals surface area contributed by atoms with Crippen LogP contribution in [0.1, 0.15) is 38.5 Å². The number of thioether (sulfide) groups is 4. The summed E-state index contributed by atoms with van der Waals surface area (Å²) in [6.45, 7) is -0.113. The largest absolute Gasteiger partial charge is 0.396 e. The van der Waals surface area contributed by atoms with Gasteiger partial charge in [0, 0.05) is 97.8 Å². The normalized spacial score (nSPS) is 10.9. The average molecular weight is 471 g/mol. The van der Waals surface area contributed by atoms with Crippen LogP contribution in [0.2, 0.25) is 0 Å². The smallest absolute Gasteiger partial charge is 0.136 e. The Balaban J connectivity index is 3.27. The Kier molecular flexibility index (Phi) is 22.3. The summed E-state index contributed by atoms with van der Waals surface area (Å²) in [4.78, 5) is 34.3. The summed E-state index contributed by atoms with van der Waals surface area (Å²) in [5, 5.41) is 17.3. The quantitative estimate of drug-likeness (QED) is 0.232. The van der Waals surface area contributed by atoms with Crippen molar-refractivity contribution in [2.45, 2.75) is 38.5 Å². The number of aliphatic hydroxyl groups excluding tert-OH is 2. The maximum atomic E-state index is 11.8. The lowest BCUT2D eigenvalue weighted by atomic mass is 10.2. The van der Waals surface area contributed by atoms with E-state index in [9.17, 15) is 14.4 Å². The molecular formula is C19H34O5S4. The van der Waals surface area contributed by atoms with Crippen molar-refractivity contribution in [2.24, 2.45) is 0 Å². The molecule has 0 heterocycles. The van der Waals surface area contributed by atoms with Gasteiger partial charge in [-0.2, -0.15) is 47.0 Å². The zero-order valence-corrected chi connectivity index (χ0v) is 19.8. The predicted molar refractivity (Wildman–Crippen MR) is 126 cm³/mol. The number of carbonyl (C=O) groups excluding carboxylic acids is 3. The molecule has 0 amide bonds. The highest BCUT2D eigenvalue weighted by Gasteiger charge is 2.04. The molecule has 0 aromatic heterocycles. The van der Waals surface area contributed by atoms with Gasteiger partial charge in [-0.25, -0.2) is 0 Å². The van der Waals surface area contributed by atoms with Crippen LogP contribution < -0.4 is 0 Å². The Morgan fingerprint density at radius 2 is 0.679 bits per heavy atom. The highest BCUT2D eigenvalue weighted by molar-refractivity contribution is 8.03. The molecular weight excluding hydrogens is 436 g/mol. The Morgan fingerprint density at radius 1 is 0.429 bits per heavy atom. The van der Waals surface area contributed by atoms with Gasteiger partial charge in [-0.05, 0) is 0 Å². The van der Waals surface area contributed by atoms with Crippen LogP contribution in [0.25, 0.3) is 0 Å². The molecule has 0 atom stereocenters. The van der Waals surface area contributed by atoms with Gasteiger partial charge in [0.15, 0.2) is 0 Å². The second-order valence-electron chi connectivity index (χ2n) is 6.01. The molecule has 0 aliphatic carbocycles. The fourth-order valence-corrected chi connectivity index (χ4v) is 6.20. The van der Waals surface area contributed by atoms with Crippen LogP contribution in [0.3, 0.4) is 0 Å². The summed E-state index contributed by atoms with van der Waals surface area (Å²) in [6.07, 6.45) is 2.86. The van der Waals surface area contributed by atoms with E-state index in [2.05, 4.69) is 0 Å². The van der Waals surface area contributed by atoms with Crippen molar-refractivity contribution in [3.63, 3.8) is 0 Å². The highest BCUT2D eigenvalue weighted by Crippen LogP contribution is 2.13. The van der Waals surface area contributed by atoms with Crippen molar-refractivity contribution >= 4 is 64.4 Å². The fraction of sp³-hybridized carbons (Fsp3) is 0.842. The van der Waals surface area contributed by atoms with E-state index in [0.717, 1.165) is 46.0 Å². The molecule has 164 valence electrons. The minimum Gasteiger partial charge on any atom is -0.396 e. The van der Waals surface area contributed by atoms with E-state index in [-0.39, 0.29) is 37.6 Å². The maximum absolute atomic E-state index is 11.8. The Bertz CT molecular complexity index is 385. The lowest BCUT2D eigenvalue weighted by Gasteiger charge is -2.04. The van der Waals surface area contributed by atoms with Crippen molar-refractivity contribution < 1.29 is 24.6 Å². The number of carbonyl (C=O) groups is 3. The highest BCUT2D eigenvalue weighted by atomic mass is 32.2. The average Bonchev–Trinajstić information content (AvgIpc) is 2.66. The number of aliphatic hydroxyl groups is 2. The molecule has 0 saturated carbocycles. The molecule has 0 aliphatic heterocycles. The van der Waals surface area contributed by atoms with Crippen molar-refractivity contribution in [3.05, 3.63) is 0 Å². The summed E-state index contributed by atoms with van der Waals surface area (Å²) >= 11 is 7.08. The Morgan fingerprint density at radius 3 is 0.929 bits per heavy atom. The van der Waals surface area contributed by atoms with Crippen molar-refractivity contribution in [1.29, 1.82) is 0 Å². The van der Waals surface area contributed by atoms with Gasteiger partial charge in [0.2, 0.25) is 0 Å². The molecule has 0 fully saturated rings. The SMILES string of the molecule is O=C(CCO)CCSCCSCCC(=O)CCSCCSCCC(=O)CCO. The van der Waals surface area contributed by atoms with E-state index in [1.807, 2.05) is 0 Å². The third-order valence-electron chi connectivity index (χ3n) is 3.63. The second-order valence-corrected chi connectivity index (χ2v) is 10.9. The van der Waals surface area contributed by atoms with E-state index in [1.165, 1.54) is 0 Å². The van der Waals surface area contributed by atoms with Gasteiger partial charge < -0.3 is 10.2 Å². The lowest BCUT2D eigenvalue weighted by molar-refractivity contribution is -0.120. The molecule has 0 aliphatic rings. The zero-order chi connectivity index (χ0) is 20.9. The monoisotopic (exact) mass is 470 g/mol. The third-order valence-corrected chi connectivity index (χ3v) is 8.09. The van der Waals surface area contributed by atoms with Gasteiger partial charge in [-0.3, -0.25) is 14.4 Å². The van der Waals surface area contributed by atoms with Crippen LogP contribution in [0.15, 0.2) is 0 Å². The van der Waals surface area contributed by atoms with E-state index in [4.69, 9.17) is 10.2 Å². The van der Waals surface area contributed by atoms with Crippen LogP contribution in [0.4, 0.5) is 0 Å². The van der Waals surface area contributed by atoms with Crippen molar-refractivity contribution in [3.8, 4) is 0 Å². The molecule has 0 bridgehead atoms. The Labute approximate surface area is 186 Å². The van der Waals surface area contributed by atoms with Crippen LogP contribution in [0.5, 0.6) is 0 Å². The first-order valence-corrected chi connectivity index (χ1v) is 14.3. The van der Waals surface area contributed by atoms with Gasteiger partial charge in [0.05, 0.1) is 0 Å². The number of Topliss-reactive ketones (excluding diaryl/α,β-unsaturated/α-hetero) is 3. The molecule has 0 aromatic carbocycles. The van der Waals surface area contributed by atoms with E-state index in [0.29, 0.717) is 31.5 Å². The van der Waals surface area contributed by atoms with Crippen molar-refractivity contribution in [2.75, 3.05) is 59.2 Å². The number of rotatable bonds is 22. The molecule has 0 saturated heterocycles. The zero-order valence-electron chi connectivity index (χ0n) is 16.6. The third kappa shape index (κ3) is 21.0. The van der Waals surface area contributed by atoms with Gasteiger partial charge >= 0.3 is 0 Å². The van der Waals surface area contributed by atoms with Gasteiger partial charge in [0.25, 0.3) is 0 Å². The first-order chi connectivity index (χ1) is 13.6. The molecule has 0 unspecified atom stereocenters. The molecule has 28 heavy (non-hydrogen) atoms. The summed E-state index contributed by atoms with van der Waals surface area (Å²) in [6, 6.07) is 0. The molecule has 0 rings (SSSR count). The fourth-order valence-electron chi connectivity index (χ4n) is 2.01. The van der Waals surface area contributed by atoms with E-state index < -0.39 is 0 Å². The first kappa shape index (κ1) is 28.3. The molecule has 5 nitrogen and oxygen atoms in total. The van der Waals surface area contributed by atoms with Gasteiger partial charge in [-0.15, -0.1) is 0 Å². The maximum Gasteiger partial charge on any atom is 0.136 e. The number of hydrogen-bond donors (Lipinski definition) is 2. The molecule has 9 heteroatoms. The standard InChI is InChI=1S/C19H34O5S4/c20-7-1-17(22)3-9-25-13-15-27-11-5-19(24)6-12-28-16-14-26-10-4-18(23)2-8-21/h20-21H,1-16H2. The Hall–Kier alpha value is 0.330. The minimum atomic E-state index is -0.0564. The summed E-state index contributed by atoms with van der Waals surface area (Å²) in [7, 11) is 0. The molecule has 0 spiro atoms. The van der Waals surface area contributed by atoms with Crippen molar-refractivity contribution in [1.82, 2.24) is 0 Å². The lowest BCUT2D eigenvalue weighted by Crippen LogP contribution is -2.04. The van der Waals surface area contributed by atoms with Crippen LogP contribution in [0, 0.1) is 0 Å². The predicted octanol–water partition coefficient (Wildman–Crippen LogP) is 2.95. The summed E-state index contributed by atoms with van der Waals surface area (Å²) < 4.78 is 0. The van der Waals surface area contributed by atoms with Crippen LogP contribution >= 0.6 is 47.0 Å². The summed E-state index contributed by atoms with van der Waals surface area (Å²) in [5.74, 6) is 7.91. The first-order valence-electron chi connectivity index (χ1n) is 9.68. The minimum absolute atomic E-state index is 0.0564. The number of ketones is 3. The topological polar surface area (TPSA) is 91.7 Å². The van der Waals surface area contributed by atoms with Gasteiger partial charge in [0.1, 0.15) is 17.3 Å². The van der Waals surface area contributed by atoms with Crippen LogP contribution in [-0.4, -0.2) is 86.8 Å². The second kappa shape index (κ2) is 22.0. The van der Waals surface area contributed by atoms with Crippen LogP contribution in [-0.2, 0) is 14.4 Å². The van der Waals surface area contributed by atoms with E-state index in [1.54, 1.807) is 47.0 Å². The number of hydrogen-bond acceptors (Lipinski definition) is 9. The molecule has 2 N–H and O–H groups in total.